The van der Waals surface area contributed by atoms with E-state index in [0.717, 1.165) is 0 Å². The van der Waals surface area contributed by atoms with Crippen molar-refractivity contribution in [2.75, 3.05) is 18.0 Å². The Morgan fingerprint density at radius 2 is 1.80 bits per heavy atom. The van der Waals surface area contributed by atoms with Crippen LogP contribution in [0.2, 0.25) is 0 Å². The van der Waals surface area contributed by atoms with Crippen molar-refractivity contribution in [2.24, 2.45) is 0 Å². The van der Waals surface area contributed by atoms with Crippen molar-refractivity contribution < 1.29 is 15.0 Å². The molecule has 0 unspecified atom stereocenters. The van der Waals surface area contributed by atoms with E-state index in [0.29, 0.717) is 30.9 Å². The van der Waals surface area contributed by atoms with Crippen molar-refractivity contribution in [3.63, 3.8) is 0 Å². The molecule has 2 N–H and O–H groups in total. The molecule has 1 aromatic heterocycles. The van der Waals surface area contributed by atoms with Crippen LogP contribution in [-0.2, 0) is 0 Å². The number of carbonyl (C=O) groups is 1. The summed E-state index contributed by atoms with van der Waals surface area (Å²) in [5.41, 5.74) is 0.402. The smallest absolute Gasteiger partial charge is 0.225 e. The Morgan fingerprint density at radius 3 is 2.27 bits per heavy atom. The number of hydrogen-bond donors (Lipinski definition) is 2. The molecule has 15 heavy (non-hydrogen) atoms. The van der Waals surface area contributed by atoms with E-state index in [1.807, 2.05) is 0 Å². The molecule has 0 bridgehead atoms. The van der Waals surface area contributed by atoms with Crippen LogP contribution in [0.5, 0.6) is 0 Å². The van der Waals surface area contributed by atoms with E-state index in [4.69, 9.17) is 0 Å². The zero-order valence-electron chi connectivity index (χ0n) is 7.95. The highest BCUT2D eigenvalue weighted by atomic mass is 16.3. The van der Waals surface area contributed by atoms with Crippen LogP contribution in [0, 0.1) is 0 Å². The van der Waals surface area contributed by atoms with E-state index >= 15 is 0 Å². The molecule has 1 fully saturated rings. The zero-order chi connectivity index (χ0) is 10.8. The van der Waals surface area contributed by atoms with Crippen molar-refractivity contribution in [1.82, 2.24) is 9.97 Å². The maximum Gasteiger partial charge on any atom is 0.225 e. The Balaban J connectivity index is 2.13. The Hall–Kier alpha value is -1.53. The number of rotatable bonds is 2. The van der Waals surface area contributed by atoms with Gasteiger partial charge in [0.2, 0.25) is 5.95 Å². The van der Waals surface area contributed by atoms with E-state index in [9.17, 15) is 15.0 Å². The number of aliphatic hydroxyl groups excluding tert-OH is 2. The number of hydrogen-bond acceptors (Lipinski definition) is 6. The summed E-state index contributed by atoms with van der Waals surface area (Å²) in [6.07, 6.45) is 1.95. The third kappa shape index (κ3) is 1.95. The molecule has 1 aliphatic heterocycles. The van der Waals surface area contributed by atoms with Gasteiger partial charge in [0.25, 0.3) is 0 Å². The zero-order valence-corrected chi connectivity index (χ0v) is 7.95. The normalized spacial score (nSPS) is 25.6. The molecule has 6 heteroatoms. The van der Waals surface area contributed by atoms with Gasteiger partial charge in [0, 0.05) is 25.5 Å². The van der Waals surface area contributed by atoms with Crippen molar-refractivity contribution in [3.8, 4) is 0 Å². The van der Waals surface area contributed by atoms with Gasteiger partial charge >= 0.3 is 0 Å². The molecule has 0 spiro atoms. The van der Waals surface area contributed by atoms with Crippen LogP contribution in [0.25, 0.3) is 0 Å². The number of aliphatic hydroxyl groups is 2. The van der Waals surface area contributed by atoms with Crippen LogP contribution in [0.15, 0.2) is 12.4 Å². The van der Waals surface area contributed by atoms with Gasteiger partial charge < -0.3 is 15.1 Å². The SMILES string of the molecule is O=Cc1cnc(N2C[C@@H](O)[C@@H](O)C2)nc1. The highest BCUT2D eigenvalue weighted by Crippen LogP contribution is 2.15. The number of anilines is 1. The highest BCUT2D eigenvalue weighted by molar-refractivity contribution is 5.73. The van der Waals surface area contributed by atoms with Gasteiger partial charge in [-0.05, 0) is 0 Å². The quantitative estimate of drug-likeness (QED) is 0.597. The second-order valence-electron chi connectivity index (χ2n) is 3.47. The maximum absolute atomic E-state index is 10.4. The van der Waals surface area contributed by atoms with Gasteiger partial charge in [-0.1, -0.05) is 0 Å². The minimum atomic E-state index is -0.764. The average molecular weight is 209 g/mol. The first-order valence-corrected chi connectivity index (χ1v) is 4.59. The van der Waals surface area contributed by atoms with Gasteiger partial charge in [0.15, 0.2) is 6.29 Å². The van der Waals surface area contributed by atoms with E-state index in [-0.39, 0.29) is 0 Å². The summed E-state index contributed by atoms with van der Waals surface area (Å²) in [5, 5.41) is 18.7. The molecule has 0 aliphatic carbocycles. The summed E-state index contributed by atoms with van der Waals surface area (Å²) in [4.78, 5) is 20.0. The molecule has 1 aliphatic rings. The number of aromatic nitrogens is 2. The van der Waals surface area contributed by atoms with Crippen molar-refractivity contribution in [2.45, 2.75) is 12.2 Å². The molecule has 0 amide bonds. The van der Waals surface area contributed by atoms with Gasteiger partial charge in [0.1, 0.15) is 0 Å². The van der Waals surface area contributed by atoms with Gasteiger partial charge in [-0.15, -0.1) is 0 Å². The number of β-amino-alcohol motifs (C(OH)–C–C–N with tert-alkyl or cyclic N) is 2. The molecule has 1 saturated heterocycles. The van der Waals surface area contributed by atoms with Crippen LogP contribution in [0.4, 0.5) is 5.95 Å². The van der Waals surface area contributed by atoms with Crippen LogP contribution in [-0.4, -0.2) is 51.8 Å². The molecule has 0 saturated carbocycles. The standard InChI is InChI=1S/C9H11N3O3/c13-5-6-1-10-9(11-2-6)12-3-7(14)8(15)4-12/h1-2,5,7-8,14-15H,3-4H2/t7-,8+. The largest absolute Gasteiger partial charge is 0.388 e. The number of carbonyl (C=O) groups excluding carboxylic acids is 1. The first kappa shape index (κ1) is 10.0. The molecule has 80 valence electrons. The summed E-state index contributed by atoms with van der Waals surface area (Å²) >= 11 is 0. The third-order valence-corrected chi connectivity index (χ3v) is 2.34. The molecule has 2 heterocycles. The monoisotopic (exact) mass is 209 g/mol. The minimum absolute atomic E-state index is 0.307. The van der Waals surface area contributed by atoms with Crippen LogP contribution >= 0.6 is 0 Å². The fourth-order valence-corrected chi connectivity index (χ4v) is 1.49. The fraction of sp³-hybridized carbons (Fsp3) is 0.444. The molecule has 6 nitrogen and oxygen atoms in total. The van der Waals surface area contributed by atoms with Gasteiger partial charge in [-0.25, -0.2) is 9.97 Å². The van der Waals surface area contributed by atoms with E-state index in [2.05, 4.69) is 9.97 Å². The first-order chi connectivity index (χ1) is 7.20. The Bertz CT molecular complexity index is 344. The summed E-state index contributed by atoms with van der Waals surface area (Å²) in [6, 6.07) is 0. The van der Waals surface area contributed by atoms with Gasteiger partial charge in [0.05, 0.1) is 17.8 Å². The maximum atomic E-state index is 10.4. The summed E-state index contributed by atoms with van der Waals surface area (Å²) in [5.74, 6) is 0.413. The fourth-order valence-electron chi connectivity index (χ4n) is 1.49. The molecule has 2 atom stereocenters. The van der Waals surface area contributed by atoms with Gasteiger partial charge in [-0.3, -0.25) is 4.79 Å². The molecule has 0 radical (unpaired) electrons. The Kier molecular flexibility index (Phi) is 2.61. The predicted molar refractivity (Wildman–Crippen MR) is 51.6 cm³/mol. The Morgan fingerprint density at radius 1 is 1.27 bits per heavy atom. The average Bonchev–Trinajstić information content (AvgIpc) is 2.59. The molecule has 1 aromatic rings. The van der Waals surface area contributed by atoms with Crippen molar-refractivity contribution in [3.05, 3.63) is 18.0 Å². The van der Waals surface area contributed by atoms with E-state index < -0.39 is 12.2 Å². The molecule has 2 rings (SSSR count). The Labute approximate surface area is 86.2 Å². The third-order valence-electron chi connectivity index (χ3n) is 2.34. The first-order valence-electron chi connectivity index (χ1n) is 4.59. The van der Waals surface area contributed by atoms with Crippen LogP contribution in [0.1, 0.15) is 10.4 Å². The second-order valence-corrected chi connectivity index (χ2v) is 3.47. The van der Waals surface area contributed by atoms with Crippen LogP contribution in [0.3, 0.4) is 0 Å². The van der Waals surface area contributed by atoms with Gasteiger partial charge in [-0.2, -0.15) is 0 Å². The highest BCUT2D eigenvalue weighted by Gasteiger charge is 2.30. The lowest BCUT2D eigenvalue weighted by molar-refractivity contribution is 0.0572. The summed E-state index contributed by atoms with van der Waals surface area (Å²) in [7, 11) is 0. The van der Waals surface area contributed by atoms with Crippen LogP contribution < -0.4 is 4.90 Å². The summed E-state index contributed by atoms with van der Waals surface area (Å²) in [6.45, 7) is 0.614. The number of aldehydes is 1. The predicted octanol–water partition coefficient (Wildman–Crippen LogP) is -1.17. The minimum Gasteiger partial charge on any atom is -0.388 e. The van der Waals surface area contributed by atoms with E-state index in [1.165, 1.54) is 12.4 Å². The number of nitrogens with zero attached hydrogens (tertiary/aromatic N) is 3. The van der Waals surface area contributed by atoms with Crippen molar-refractivity contribution in [1.29, 1.82) is 0 Å². The lowest BCUT2D eigenvalue weighted by atomic mass is 10.3. The van der Waals surface area contributed by atoms with E-state index in [1.54, 1.807) is 4.90 Å². The molecule has 0 aromatic carbocycles. The lowest BCUT2D eigenvalue weighted by Crippen LogP contribution is -2.23. The lowest BCUT2D eigenvalue weighted by Gasteiger charge is -2.14. The van der Waals surface area contributed by atoms with Crippen molar-refractivity contribution >= 4 is 12.2 Å². The summed E-state index contributed by atoms with van der Waals surface area (Å²) < 4.78 is 0. The second kappa shape index (κ2) is 3.92. The topological polar surface area (TPSA) is 86.6 Å². The molecular weight excluding hydrogens is 198 g/mol. The molecular formula is C9H11N3O3.